The zero-order valence-corrected chi connectivity index (χ0v) is 7.75. The van der Waals surface area contributed by atoms with Gasteiger partial charge in [0.05, 0.1) is 6.61 Å². The van der Waals surface area contributed by atoms with Crippen LogP contribution in [0, 0.1) is 5.92 Å². The van der Waals surface area contributed by atoms with Crippen LogP contribution in [0.2, 0.25) is 0 Å². The Morgan fingerprint density at radius 1 is 1.55 bits per heavy atom. The van der Waals surface area contributed by atoms with Crippen LogP contribution in [0.5, 0.6) is 0 Å². The van der Waals surface area contributed by atoms with Crippen LogP contribution in [0.3, 0.4) is 0 Å². The van der Waals surface area contributed by atoms with Crippen molar-refractivity contribution in [1.29, 1.82) is 0 Å². The number of hydrogen-bond acceptors (Lipinski definition) is 2. The van der Waals surface area contributed by atoms with E-state index in [9.17, 15) is 0 Å². The van der Waals surface area contributed by atoms with Crippen molar-refractivity contribution in [1.82, 2.24) is 4.90 Å². The van der Waals surface area contributed by atoms with Crippen molar-refractivity contribution in [3.8, 4) is 0 Å². The molecular weight excluding hydrogens is 138 g/mol. The quantitative estimate of drug-likeness (QED) is 0.649. The SMILES string of the molecule is CC1CC(CO)N(C(C)C)C1. The van der Waals surface area contributed by atoms with E-state index in [0.29, 0.717) is 18.7 Å². The Labute approximate surface area is 69.2 Å². The lowest BCUT2D eigenvalue weighted by molar-refractivity contribution is 0.132. The summed E-state index contributed by atoms with van der Waals surface area (Å²) < 4.78 is 0. The van der Waals surface area contributed by atoms with Gasteiger partial charge in [0, 0.05) is 18.6 Å². The van der Waals surface area contributed by atoms with Crippen LogP contribution in [0.15, 0.2) is 0 Å². The number of aliphatic hydroxyl groups excluding tert-OH is 1. The van der Waals surface area contributed by atoms with Crippen molar-refractivity contribution in [2.45, 2.75) is 39.3 Å². The number of aliphatic hydroxyl groups is 1. The summed E-state index contributed by atoms with van der Waals surface area (Å²) in [5.74, 6) is 0.759. The van der Waals surface area contributed by atoms with Crippen LogP contribution in [0.25, 0.3) is 0 Å². The molecule has 0 bridgehead atoms. The molecule has 1 heterocycles. The smallest absolute Gasteiger partial charge is 0.0587 e. The number of hydrogen-bond donors (Lipinski definition) is 1. The zero-order valence-electron chi connectivity index (χ0n) is 7.75. The van der Waals surface area contributed by atoms with Crippen molar-refractivity contribution in [2.75, 3.05) is 13.2 Å². The summed E-state index contributed by atoms with van der Waals surface area (Å²) >= 11 is 0. The Morgan fingerprint density at radius 2 is 2.18 bits per heavy atom. The van der Waals surface area contributed by atoms with Crippen molar-refractivity contribution in [3.63, 3.8) is 0 Å². The van der Waals surface area contributed by atoms with Crippen LogP contribution in [0.1, 0.15) is 27.2 Å². The summed E-state index contributed by atoms with van der Waals surface area (Å²) in [6, 6.07) is 1.00. The average molecular weight is 157 g/mol. The molecule has 2 atom stereocenters. The lowest BCUT2D eigenvalue weighted by atomic mass is 10.1. The van der Waals surface area contributed by atoms with E-state index in [1.54, 1.807) is 0 Å². The van der Waals surface area contributed by atoms with Gasteiger partial charge in [-0.25, -0.2) is 0 Å². The van der Waals surface area contributed by atoms with Crippen molar-refractivity contribution >= 4 is 0 Å². The fourth-order valence-electron chi connectivity index (χ4n) is 2.00. The molecule has 2 unspecified atom stereocenters. The Hall–Kier alpha value is -0.0800. The van der Waals surface area contributed by atoms with Crippen molar-refractivity contribution in [2.24, 2.45) is 5.92 Å². The maximum absolute atomic E-state index is 9.06. The second-order valence-electron chi connectivity index (χ2n) is 3.97. The van der Waals surface area contributed by atoms with Gasteiger partial charge in [0.15, 0.2) is 0 Å². The van der Waals surface area contributed by atoms with Crippen LogP contribution in [0.4, 0.5) is 0 Å². The Morgan fingerprint density at radius 3 is 2.55 bits per heavy atom. The second-order valence-corrected chi connectivity index (χ2v) is 3.97. The lowest BCUT2D eigenvalue weighted by Gasteiger charge is -2.26. The van der Waals surface area contributed by atoms with Crippen LogP contribution < -0.4 is 0 Å². The van der Waals surface area contributed by atoms with Gasteiger partial charge in [0.25, 0.3) is 0 Å². The molecule has 0 aliphatic carbocycles. The van der Waals surface area contributed by atoms with Gasteiger partial charge in [-0.1, -0.05) is 6.92 Å². The minimum Gasteiger partial charge on any atom is -0.395 e. The van der Waals surface area contributed by atoms with E-state index >= 15 is 0 Å². The standard InChI is InChI=1S/C9H19NO/c1-7(2)10-5-8(3)4-9(10)6-11/h7-9,11H,4-6H2,1-3H3. The highest BCUT2D eigenvalue weighted by molar-refractivity contribution is 4.84. The van der Waals surface area contributed by atoms with Gasteiger partial charge in [0.2, 0.25) is 0 Å². The molecule has 0 aromatic heterocycles. The lowest BCUT2D eigenvalue weighted by Crippen LogP contribution is -2.37. The molecule has 0 aromatic rings. The zero-order chi connectivity index (χ0) is 8.43. The first kappa shape index (κ1) is 9.01. The van der Waals surface area contributed by atoms with Gasteiger partial charge in [-0.05, 0) is 26.2 Å². The molecule has 2 nitrogen and oxygen atoms in total. The first-order chi connectivity index (χ1) is 5.15. The van der Waals surface area contributed by atoms with E-state index in [-0.39, 0.29) is 0 Å². The molecule has 0 aromatic carbocycles. The monoisotopic (exact) mass is 157 g/mol. The number of nitrogens with zero attached hydrogens (tertiary/aromatic N) is 1. The fourth-order valence-corrected chi connectivity index (χ4v) is 2.00. The summed E-state index contributed by atoms with van der Waals surface area (Å²) in [7, 11) is 0. The molecule has 11 heavy (non-hydrogen) atoms. The minimum absolute atomic E-state index is 0.322. The first-order valence-corrected chi connectivity index (χ1v) is 4.51. The third kappa shape index (κ3) is 1.94. The molecule has 0 spiro atoms. The van der Waals surface area contributed by atoms with E-state index in [0.717, 1.165) is 18.9 Å². The molecule has 1 saturated heterocycles. The Kier molecular flexibility index (Phi) is 2.90. The predicted octanol–water partition coefficient (Wildman–Crippen LogP) is 1.10. The van der Waals surface area contributed by atoms with E-state index in [1.807, 2.05) is 0 Å². The predicted molar refractivity (Wildman–Crippen MR) is 46.5 cm³/mol. The molecule has 1 aliphatic heterocycles. The summed E-state index contributed by atoms with van der Waals surface area (Å²) in [5, 5.41) is 9.06. The van der Waals surface area contributed by atoms with E-state index in [2.05, 4.69) is 25.7 Å². The molecule has 2 heteroatoms. The summed E-state index contributed by atoms with van der Waals surface area (Å²) in [4.78, 5) is 2.39. The van der Waals surface area contributed by atoms with Gasteiger partial charge in [-0.15, -0.1) is 0 Å². The first-order valence-electron chi connectivity index (χ1n) is 4.51. The highest BCUT2D eigenvalue weighted by Gasteiger charge is 2.30. The van der Waals surface area contributed by atoms with Gasteiger partial charge in [-0.2, -0.15) is 0 Å². The highest BCUT2D eigenvalue weighted by atomic mass is 16.3. The summed E-state index contributed by atoms with van der Waals surface area (Å²) in [5.41, 5.74) is 0. The minimum atomic E-state index is 0.322. The Balaban J connectivity index is 2.50. The largest absolute Gasteiger partial charge is 0.395 e. The normalized spacial score (nSPS) is 33.5. The molecule has 0 amide bonds. The third-order valence-corrected chi connectivity index (χ3v) is 2.54. The molecule has 0 saturated carbocycles. The average Bonchev–Trinajstić information content (AvgIpc) is 2.30. The number of likely N-dealkylation sites (tertiary alicyclic amines) is 1. The second kappa shape index (κ2) is 3.55. The Bertz CT molecular complexity index is 125. The molecule has 1 rings (SSSR count). The van der Waals surface area contributed by atoms with Gasteiger partial charge >= 0.3 is 0 Å². The molecular formula is C9H19NO. The van der Waals surface area contributed by atoms with E-state index < -0.39 is 0 Å². The van der Waals surface area contributed by atoms with Crippen molar-refractivity contribution < 1.29 is 5.11 Å². The van der Waals surface area contributed by atoms with E-state index in [1.165, 1.54) is 0 Å². The molecule has 66 valence electrons. The molecule has 0 radical (unpaired) electrons. The molecule has 1 fully saturated rings. The summed E-state index contributed by atoms with van der Waals surface area (Å²) in [6.07, 6.45) is 1.16. The van der Waals surface area contributed by atoms with Gasteiger partial charge < -0.3 is 5.11 Å². The van der Waals surface area contributed by atoms with Crippen LogP contribution >= 0.6 is 0 Å². The maximum atomic E-state index is 9.06. The summed E-state index contributed by atoms with van der Waals surface area (Å²) in [6.45, 7) is 8.12. The maximum Gasteiger partial charge on any atom is 0.0587 e. The van der Waals surface area contributed by atoms with E-state index in [4.69, 9.17) is 5.11 Å². The van der Waals surface area contributed by atoms with Crippen LogP contribution in [-0.2, 0) is 0 Å². The molecule has 1 N–H and O–H groups in total. The van der Waals surface area contributed by atoms with Gasteiger partial charge in [-0.3, -0.25) is 4.90 Å². The highest BCUT2D eigenvalue weighted by Crippen LogP contribution is 2.24. The topological polar surface area (TPSA) is 23.5 Å². The third-order valence-electron chi connectivity index (χ3n) is 2.54. The molecule has 1 aliphatic rings. The number of rotatable bonds is 2. The van der Waals surface area contributed by atoms with Gasteiger partial charge in [0.1, 0.15) is 0 Å². The fraction of sp³-hybridized carbons (Fsp3) is 1.00. The van der Waals surface area contributed by atoms with Crippen LogP contribution in [-0.4, -0.2) is 35.2 Å². The van der Waals surface area contributed by atoms with Crippen molar-refractivity contribution in [3.05, 3.63) is 0 Å².